The fourth-order valence-corrected chi connectivity index (χ4v) is 3.43. The van der Waals surface area contributed by atoms with Crippen molar-refractivity contribution in [3.05, 3.63) is 0 Å². The van der Waals surface area contributed by atoms with Gasteiger partial charge in [-0.1, -0.05) is 27.7 Å². The predicted octanol–water partition coefficient (Wildman–Crippen LogP) is -1.26. The average Bonchev–Trinajstić information content (AvgIpc) is 2.77. The van der Waals surface area contributed by atoms with Gasteiger partial charge in [-0.25, -0.2) is 4.79 Å². The van der Waals surface area contributed by atoms with Gasteiger partial charge in [-0.15, -0.1) is 0 Å². The zero-order valence-electron chi connectivity index (χ0n) is 22.0. The molecule has 0 saturated carbocycles. The van der Waals surface area contributed by atoms with Crippen molar-refractivity contribution in [1.29, 1.82) is 0 Å². The summed E-state index contributed by atoms with van der Waals surface area (Å²) in [5.74, 6) is -3.13. The summed E-state index contributed by atoms with van der Waals surface area (Å²) in [6.45, 7) is 7.95. The summed E-state index contributed by atoms with van der Waals surface area (Å²) in [7, 11) is 0. The fourth-order valence-electron chi connectivity index (χ4n) is 3.43. The lowest BCUT2D eigenvalue weighted by molar-refractivity contribution is -0.143. The number of carbonyl (C=O) groups excluding carboxylic acids is 3. The third-order valence-corrected chi connectivity index (χ3v) is 5.45. The van der Waals surface area contributed by atoms with E-state index >= 15 is 0 Å². The van der Waals surface area contributed by atoms with Crippen molar-refractivity contribution < 1.29 is 24.3 Å². The van der Waals surface area contributed by atoms with E-state index in [2.05, 4.69) is 20.9 Å². The molecule has 0 radical (unpaired) electrons. The molecule has 4 unspecified atom stereocenters. The monoisotopic (exact) mass is 514 g/mol. The van der Waals surface area contributed by atoms with Gasteiger partial charge in [-0.2, -0.15) is 0 Å². The van der Waals surface area contributed by atoms with Gasteiger partial charge in [-0.3, -0.25) is 19.4 Å². The van der Waals surface area contributed by atoms with Crippen LogP contribution in [-0.4, -0.2) is 72.0 Å². The van der Waals surface area contributed by atoms with Crippen molar-refractivity contribution in [2.45, 2.75) is 90.4 Å². The predicted molar refractivity (Wildman–Crippen MR) is 139 cm³/mol. The Hall–Kier alpha value is -2.93. The molecule has 0 aromatic heterocycles. The molecule has 12 N–H and O–H groups in total. The summed E-state index contributed by atoms with van der Waals surface area (Å²) < 4.78 is 0. The molecule has 3 amide bonds. The molecule has 13 heteroatoms. The van der Waals surface area contributed by atoms with E-state index in [-0.39, 0.29) is 30.6 Å². The lowest BCUT2D eigenvalue weighted by atomic mass is 10.00. The maximum atomic E-state index is 13.1. The van der Waals surface area contributed by atoms with Gasteiger partial charge in [0.05, 0.1) is 6.04 Å². The molecule has 208 valence electrons. The molecule has 0 aliphatic rings. The molecule has 0 rings (SSSR count). The average molecular weight is 515 g/mol. The summed E-state index contributed by atoms with van der Waals surface area (Å²) in [4.78, 5) is 54.0. The van der Waals surface area contributed by atoms with Gasteiger partial charge < -0.3 is 44.0 Å². The van der Waals surface area contributed by atoms with E-state index in [0.29, 0.717) is 38.8 Å². The summed E-state index contributed by atoms with van der Waals surface area (Å²) in [5.41, 5.74) is 22.0. The Morgan fingerprint density at radius 1 is 0.833 bits per heavy atom. The third-order valence-electron chi connectivity index (χ3n) is 5.45. The van der Waals surface area contributed by atoms with Crippen LogP contribution in [0.1, 0.15) is 66.2 Å². The highest BCUT2D eigenvalue weighted by atomic mass is 16.4. The van der Waals surface area contributed by atoms with Gasteiger partial charge in [0.2, 0.25) is 17.7 Å². The minimum Gasteiger partial charge on any atom is -0.480 e. The molecule has 0 fully saturated rings. The van der Waals surface area contributed by atoms with Crippen LogP contribution in [-0.2, 0) is 19.2 Å². The first kappa shape index (κ1) is 33.1. The maximum absolute atomic E-state index is 13.1. The van der Waals surface area contributed by atoms with Crippen molar-refractivity contribution in [3.8, 4) is 0 Å². The summed E-state index contributed by atoms with van der Waals surface area (Å²) in [5, 5.41) is 17.3. The van der Waals surface area contributed by atoms with E-state index in [1.165, 1.54) is 0 Å². The molecule has 4 atom stereocenters. The quantitative estimate of drug-likeness (QED) is 0.0617. The molecule has 36 heavy (non-hydrogen) atoms. The number of rotatable bonds is 18. The fraction of sp³-hybridized carbons (Fsp3) is 0.783. The van der Waals surface area contributed by atoms with Crippen LogP contribution in [0, 0.1) is 11.8 Å². The smallest absolute Gasteiger partial charge is 0.326 e. The Morgan fingerprint density at radius 3 is 1.94 bits per heavy atom. The van der Waals surface area contributed by atoms with Crippen LogP contribution in [0.15, 0.2) is 4.99 Å². The normalized spacial score (nSPS) is 14.4. The largest absolute Gasteiger partial charge is 0.480 e. The van der Waals surface area contributed by atoms with E-state index in [1.54, 1.807) is 13.8 Å². The van der Waals surface area contributed by atoms with Gasteiger partial charge >= 0.3 is 5.97 Å². The van der Waals surface area contributed by atoms with E-state index in [0.717, 1.165) is 0 Å². The number of aliphatic imine (C=N–C) groups is 1. The second-order valence-electron chi connectivity index (χ2n) is 9.66. The van der Waals surface area contributed by atoms with Crippen molar-refractivity contribution >= 4 is 29.7 Å². The summed E-state index contributed by atoms with van der Waals surface area (Å²) in [6.07, 6.45) is 2.49. The zero-order chi connectivity index (χ0) is 27.8. The number of nitrogens with one attached hydrogen (secondary N) is 3. The number of unbranched alkanes of at least 4 members (excludes halogenated alkanes) is 1. The van der Waals surface area contributed by atoms with Crippen LogP contribution in [0.3, 0.4) is 0 Å². The molecule has 13 nitrogen and oxygen atoms in total. The van der Waals surface area contributed by atoms with Crippen LogP contribution in [0.5, 0.6) is 0 Å². The van der Waals surface area contributed by atoms with E-state index < -0.39 is 47.9 Å². The second kappa shape index (κ2) is 17.5. The molecule has 0 aromatic carbocycles. The maximum Gasteiger partial charge on any atom is 0.326 e. The van der Waals surface area contributed by atoms with Gasteiger partial charge in [0.15, 0.2) is 5.96 Å². The Balaban J connectivity index is 5.34. The number of aliphatic carboxylic acids is 1. The number of carboxylic acid groups (broad SMARTS) is 1. The Labute approximate surface area is 213 Å². The number of hydrogen-bond donors (Lipinski definition) is 8. The number of nitrogens with two attached hydrogens (primary N) is 4. The highest BCUT2D eigenvalue weighted by Gasteiger charge is 2.31. The lowest BCUT2D eigenvalue weighted by Gasteiger charge is -2.27. The van der Waals surface area contributed by atoms with Gasteiger partial charge in [0, 0.05) is 6.54 Å². The number of carbonyl (C=O) groups is 4. The minimum absolute atomic E-state index is 0.0425. The molecule has 0 saturated heterocycles. The highest BCUT2D eigenvalue weighted by Crippen LogP contribution is 2.09. The molecular formula is C23H46N8O5. The van der Waals surface area contributed by atoms with Crippen molar-refractivity contribution in [2.24, 2.45) is 39.8 Å². The van der Waals surface area contributed by atoms with Gasteiger partial charge in [-0.05, 0) is 56.9 Å². The SMILES string of the molecule is CC(C)CC(NC(=O)C(CCCCN)NC(=O)C(NC(=O)C(N)CCCN=C(N)N)C(C)C)C(=O)O. The molecule has 0 aliphatic heterocycles. The molecule has 0 aliphatic carbocycles. The Kier molecular flexibility index (Phi) is 16.1. The topological polar surface area (TPSA) is 241 Å². The van der Waals surface area contributed by atoms with E-state index in [4.69, 9.17) is 22.9 Å². The molecule has 0 bridgehead atoms. The van der Waals surface area contributed by atoms with Crippen LogP contribution < -0.4 is 38.9 Å². The minimum atomic E-state index is -1.15. The first-order chi connectivity index (χ1) is 16.8. The van der Waals surface area contributed by atoms with Crippen LogP contribution in [0.25, 0.3) is 0 Å². The Morgan fingerprint density at radius 2 is 1.44 bits per heavy atom. The first-order valence-corrected chi connectivity index (χ1v) is 12.4. The van der Waals surface area contributed by atoms with Crippen molar-refractivity contribution in [3.63, 3.8) is 0 Å². The Bertz CT molecular complexity index is 740. The zero-order valence-corrected chi connectivity index (χ0v) is 22.0. The number of amides is 3. The molecule has 0 spiro atoms. The number of guanidine groups is 1. The number of hydrogen-bond acceptors (Lipinski definition) is 7. The standard InChI is InChI=1S/C23H46N8O5/c1-13(2)12-17(22(35)36)30-20(33)16(9-5-6-10-24)29-21(34)18(14(3)4)31-19(32)15(25)8-7-11-28-23(26)27/h13-18H,5-12,24-25H2,1-4H3,(H,29,34)(H,30,33)(H,31,32)(H,35,36)(H4,26,27,28). The van der Waals surface area contributed by atoms with Crippen LogP contribution in [0.4, 0.5) is 0 Å². The third kappa shape index (κ3) is 13.8. The second-order valence-corrected chi connectivity index (χ2v) is 9.66. The van der Waals surface area contributed by atoms with E-state index in [1.807, 2.05) is 13.8 Å². The number of nitrogens with zero attached hydrogens (tertiary/aromatic N) is 1. The molecular weight excluding hydrogens is 468 g/mol. The molecule has 0 heterocycles. The summed E-state index contributed by atoms with van der Waals surface area (Å²) in [6, 6.07) is -3.88. The van der Waals surface area contributed by atoms with Gasteiger partial charge in [0.25, 0.3) is 0 Å². The van der Waals surface area contributed by atoms with Gasteiger partial charge in [0.1, 0.15) is 18.1 Å². The van der Waals surface area contributed by atoms with Crippen molar-refractivity contribution in [1.82, 2.24) is 16.0 Å². The highest BCUT2D eigenvalue weighted by molar-refractivity contribution is 5.94. The summed E-state index contributed by atoms with van der Waals surface area (Å²) >= 11 is 0. The van der Waals surface area contributed by atoms with Crippen molar-refractivity contribution in [2.75, 3.05) is 13.1 Å². The molecule has 0 aromatic rings. The van der Waals surface area contributed by atoms with Crippen LogP contribution in [0.2, 0.25) is 0 Å². The number of carboxylic acids is 1. The first-order valence-electron chi connectivity index (χ1n) is 12.4. The van der Waals surface area contributed by atoms with E-state index in [9.17, 15) is 24.3 Å². The van der Waals surface area contributed by atoms with Crippen LogP contribution >= 0.6 is 0 Å². The lowest BCUT2D eigenvalue weighted by Crippen LogP contribution is -2.58.